The molecule has 0 bridgehead atoms. The third-order valence-corrected chi connectivity index (χ3v) is 2.05. The number of carbonyl (C=O) groups is 1. The number of hydrogen-bond acceptors (Lipinski definition) is 4. The fraction of sp³-hybridized carbons (Fsp3) is 0.357. The Labute approximate surface area is 107 Å². The maximum atomic E-state index is 11.3. The van der Waals surface area contributed by atoms with Gasteiger partial charge in [0.15, 0.2) is 0 Å². The van der Waals surface area contributed by atoms with Crippen molar-refractivity contribution in [2.75, 3.05) is 0 Å². The SMILES string of the molecule is C=C(C)C(=O)OC(C)OC(C)Oc1ccccc1. The molecule has 4 heteroatoms. The maximum absolute atomic E-state index is 11.3. The number of benzene rings is 1. The third-order valence-electron chi connectivity index (χ3n) is 2.05. The van der Waals surface area contributed by atoms with Crippen LogP contribution in [-0.4, -0.2) is 18.5 Å². The highest BCUT2D eigenvalue weighted by atomic mass is 16.8. The molecule has 1 rings (SSSR count). The van der Waals surface area contributed by atoms with Gasteiger partial charge in [-0.1, -0.05) is 24.8 Å². The summed E-state index contributed by atoms with van der Waals surface area (Å²) in [6.45, 7) is 8.44. The molecule has 98 valence electrons. The van der Waals surface area contributed by atoms with Gasteiger partial charge in [-0.3, -0.25) is 0 Å². The Morgan fingerprint density at radius 2 is 1.78 bits per heavy atom. The van der Waals surface area contributed by atoms with Crippen molar-refractivity contribution in [2.45, 2.75) is 33.4 Å². The average Bonchev–Trinajstić information content (AvgIpc) is 2.29. The second-order valence-electron chi connectivity index (χ2n) is 3.89. The van der Waals surface area contributed by atoms with E-state index in [1.54, 1.807) is 20.8 Å². The van der Waals surface area contributed by atoms with Crippen LogP contribution in [0.25, 0.3) is 0 Å². The summed E-state index contributed by atoms with van der Waals surface area (Å²) in [5.74, 6) is 0.220. The minimum atomic E-state index is -0.687. The van der Waals surface area contributed by atoms with Crippen molar-refractivity contribution in [3.63, 3.8) is 0 Å². The van der Waals surface area contributed by atoms with Gasteiger partial charge in [-0.25, -0.2) is 4.79 Å². The van der Waals surface area contributed by atoms with Gasteiger partial charge in [-0.05, 0) is 32.9 Å². The van der Waals surface area contributed by atoms with Crippen molar-refractivity contribution >= 4 is 5.97 Å². The van der Waals surface area contributed by atoms with Gasteiger partial charge in [0.2, 0.25) is 12.6 Å². The number of rotatable bonds is 6. The van der Waals surface area contributed by atoms with E-state index in [1.165, 1.54) is 0 Å². The van der Waals surface area contributed by atoms with Crippen molar-refractivity contribution < 1.29 is 19.0 Å². The smallest absolute Gasteiger partial charge is 0.335 e. The number of esters is 1. The highest BCUT2D eigenvalue weighted by Gasteiger charge is 2.14. The number of hydrogen-bond donors (Lipinski definition) is 0. The molecule has 0 aromatic heterocycles. The Bertz CT molecular complexity index is 400. The summed E-state index contributed by atoms with van der Waals surface area (Å²) >= 11 is 0. The zero-order chi connectivity index (χ0) is 13.5. The lowest BCUT2D eigenvalue weighted by Crippen LogP contribution is -2.26. The van der Waals surface area contributed by atoms with Gasteiger partial charge in [0, 0.05) is 5.57 Å². The zero-order valence-corrected chi connectivity index (χ0v) is 10.9. The zero-order valence-electron chi connectivity index (χ0n) is 10.9. The van der Waals surface area contributed by atoms with Gasteiger partial charge in [0.05, 0.1) is 0 Å². The van der Waals surface area contributed by atoms with Crippen LogP contribution < -0.4 is 4.74 Å². The lowest BCUT2D eigenvalue weighted by Gasteiger charge is -2.20. The molecule has 1 aromatic carbocycles. The fourth-order valence-corrected chi connectivity index (χ4v) is 1.27. The van der Waals surface area contributed by atoms with Gasteiger partial charge in [-0.15, -0.1) is 0 Å². The highest BCUT2D eigenvalue weighted by Crippen LogP contribution is 2.12. The molecular weight excluding hydrogens is 232 g/mol. The van der Waals surface area contributed by atoms with E-state index in [0.717, 1.165) is 0 Å². The summed E-state index contributed by atoms with van der Waals surface area (Å²) in [6.07, 6.45) is -1.20. The predicted octanol–water partition coefficient (Wildman–Crippen LogP) is 2.89. The van der Waals surface area contributed by atoms with Crippen molar-refractivity contribution in [2.24, 2.45) is 0 Å². The van der Waals surface area contributed by atoms with E-state index < -0.39 is 18.5 Å². The first-order chi connectivity index (χ1) is 8.49. The van der Waals surface area contributed by atoms with Crippen LogP contribution in [0.5, 0.6) is 5.75 Å². The molecule has 0 N–H and O–H groups in total. The summed E-state index contributed by atoms with van der Waals surface area (Å²) in [7, 11) is 0. The monoisotopic (exact) mass is 250 g/mol. The second kappa shape index (κ2) is 6.81. The standard InChI is InChI=1S/C14H18O4/c1-10(2)14(15)18-12(4)16-11(3)17-13-8-6-5-7-9-13/h5-9,11-12H,1H2,2-4H3. The lowest BCUT2D eigenvalue weighted by atomic mass is 10.3. The Balaban J connectivity index is 2.38. The molecule has 2 unspecified atom stereocenters. The van der Waals surface area contributed by atoms with Gasteiger partial charge < -0.3 is 14.2 Å². The van der Waals surface area contributed by atoms with Crippen LogP contribution in [0.3, 0.4) is 0 Å². The van der Waals surface area contributed by atoms with E-state index in [-0.39, 0.29) is 0 Å². The highest BCUT2D eigenvalue weighted by molar-refractivity contribution is 5.86. The van der Waals surface area contributed by atoms with Crippen LogP contribution in [-0.2, 0) is 14.3 Å². The topological polar surface area (TPSA) is 44.8 Å². The number of ether oxygens (including phenoxy) is 3. The van der Waals surface area contributed by atoms with E-state index in [1.807, 2.05) is 30.3 Å². The minimum Gasteiger partial charge on any atom is -0.465 e. The fourth-order valence-electron chi connectivity index (χ4n) is 1.27. The van der Waals surface area contributed by atoms with Crippen LogP contribution in [0, 0.1) is 0 Å². The van der Waals surface area contributed by atoms with E-state index in [9.17, 15) is 4.79 Å². The maximum Gasteiger partial charge on any atom is 0.335 e. The number of carbonyl (C=O) groups excluding carboxylic acids is 1. The Morgan fingerprint density at radius 1 is 1.17 bits per heavy atom. The normalized spacial score (nSPS) is 13.5. The molecule has 0 aliphatic rings. The van der Waals surface area contributed by atoms with Crippen LogP contribution in [0.15, 0.2) is 42.5 Å². The molecule has 0 fully saturated rings. The molecule has 2 atom stereocenters. The molecule has 0 heterocycles. The van der Waals surface area contributed by atoms with Crippen molar-refractivity contribution in [1.82, 2.24) is 0 Å². The largest absolute Gasteiger partial charge is 0.465 e. The van der Waals surface area contributed by atoms with Crippen molar-refractivity contribution in [1.29, 1.82) is 0 Å². The van der Waals surface area contributed by atoms with Crippen molar-refractivity contribution in [3.8, 4) is 5.75 Å². The molecule has 0 radical (unpaired) electrons. The molecule has 1 aromatic rings. The van der Waals surface area contributed by atoms with Crippen molar-refractivity contribution in [3.05, 3.63) is 42.5 Å². The first kappa shape index (κ1) is 14.3. The summed E-state index contributed by atoms with van der Waals surface area (Å²) in [6, 6.07) is 9.28. The van der Waals surface area contributed by atoms with E-state index in [2.05, 4.69) is 6.58 Å². The molecule has 0 amide bonds. The van der Waals surface area contributed by atoms with Crippen LogP contribution in [0.1, 0.15) is 20.8 Å². The second-order valence-corrected chi connectivity index (χ2v) is 3.89. The quantitative estimate of drug-likeness (QED) is 0.442. The van der Waals surface area contributed by atoms with E-state index >= 15 is 0 Å². The molecule has 4 nitrogen and oxygen atoms in total. The van der Waals surface area contributed by atoms with Gasteiger partial charge in [-0.2, -0.15) is 0 Å². The van der Waals surface area contributed by atoms with Crippen LogP contribution in [0.2, 0.25) is 0 Å². The van der Waals surface area contributed by atoms with E-state index in [0.29, 0.717) is 11.3 Å². The number of para-hydroxylation sites is 1. The Morgan fingerprint density at radius 3 is 2.33 bits per heavy atom. The molecule has 0 aliphatic heterocycles. The molecule has 0 saturated heterocycles. The average molecular weight is 250 g/mol. The minimum absolute atomic E-state index is 0.335. The summed E-state index contributed by atoms with van der Waals surface area (Å²) in [4.78, 5) is 11.3. The van der Waals surface area contributed by atoms with Gasteiger partial charge in [0.1, 0.15) is 5.75 Å². The first-order valence-electron chi connectivity index (χ1n) is 5.72. The molecule has 0 saturated carbocycles. The third kappa shape index (κ3) is 5.01. The molecule has 18 heavy (non-hydrogen) atoms. The Hall–Kier alpha value is -1.81. The lowest BCUT2D eigenvalue weighted by molar-refractivity contribution is -0.205. The van der Waals surface area contributed by atoms with Crippen LogP contribution >= 0.6 is 0 Å². The summed E-state index contributed by atoms with van der Waals surface area (Å²) < 4.78 is 15.8. The summed E-state index contributed by atoms with van der Waals surface area (Å²) in [5.41, 5.74) is 0.335. The van der Waals surface area contributed by atoms with E-state index in [4.69, 9.17) is 14.2 Å². The molecule has 0 spiro atoms. The van der Waals surface area contributed by atoms with Gasteiger partial charge in [0.25, 0.3) is 0 Å². The van der Waals surface area contributed by atoms with Crippen LogP contribution in [0.4, 0.5) is 0 Å². The molecule has 0 aliphatic carbocycles. The predicted molar refractivity (Wildman–Crippen MR) is 68.0 cm³/mol. The summed E-state index contributed by atoms with van der Waals surface area (Å²) in [5, 5.41) is 0. The first-order valence-corrected chi connectivity index (χ1v) is 5.72. The molecular formula is C14H18O4. The van der Waals surface area contributed by atoms with Gasteiger partial charge >= 0.3 is 5.97 Å². The Kier molecular flexibility index (Phi) is 5.39.